The third kappa shape index (κ3) is 9.42. The van der Waals surface area contributed by atoms with Crippen LogP contribution in [0, 0.1) is 11.8 Å². The zero-order valence-electron chi connectivity index (χ0n) is 14.6. The Kier molecular flexibility index (Phi) is 8.87. The van der Waals surface area contributed by atoms with Gasteiger partial charge < -0.3 is 15.7 Å². The molecule has 6 nitrogen and oxygen atoms in total. The molecule has 0 aromatic heterocycles. The van der Waals surface area contributed by atoms with Gasteiger partial charge in [-0.15, -0.1) is 0 Å². The molecule has 1 amide bonds. The van der Waals surface area contributed by atoms with Gasteiger partial charge >= 0.3 is 5.97 Å². The van der Waals surface area contributed by atoms with E-state index in [1.165, 1.54) is 5.56 Å². The van der Waals surface area contributed by atoms with E-state index in [0.717, 1.165) is 12.8 Å². The highest BCUT2D eigenvalue weighted by Gasteiger charge is 2.29. The van der Waals surface area contributed by atoms with Crippen LogP contribution in [0.5, 0.6) is 0 Å². The molecule has 0 spiro atoms. The summed E-state index contributed by atoms with van der Waals surface area (Å²) in [7, 11) is -3.54. The van der Waals surface area contributed by atoms with E-state index in [1.807, 2.05) is 25.1 Å². The van der Waals surface area contributed by atoms with Gasteiger partial charge in [-0.05, 0) is 37.2 Å². The highest BCUT2D eigenvalue weighted by molar-refractivity contribution is 7.58. The molecule has 0 bridgehead atoms. The van der Waals surface area contributed by atoms with Crippen LogP contribution in [-0.2, 0) is 20.6 Å². The number of amides is 1. The molecule has 0 aliphatic carbocycles. The van der Waals surface area contributed by atoms with Crippen molar-refractivity contribution in [2.75, 3.05) is 12.3 Å². The maximum atomic E-state index is 12.3. The number of aryl methyl sites for hydroxylation is 1. The molecular formula is C18H28NO5P. The van der Waals surface area contributed by atoms with Crippen LogP contribution >= 0.6 is 7.37 Å². The molecule has 3 atom stereocenters. The monoisotopic (exact) mass is 369 g/mol. The molecule has 0 radical (unpaired) electrons. The van der Waals surface area contributed by atoms with E-state index in [-0.39, 0.29) is 31.1 Å². The Morgan fingerprint density at radius 2 is 1.80 bits per heavy atom. The van der Waals surface area contributed by atoms with E-state index in [1.54, 1.807) is 0 Å². The zero-order chi connectivity index (χ0) is 18.9. The van der Waals surface area contributed by atoms with Crippen molar-refractivity contribution in [3.8, 4) is 0 Å². The first-order valence-corrected chi connectivity index (χ1v) is 10.6. The first-order valence-electron chi connectivity index (χ1n) is 8.55. The average Bonchev–Trinajstić information content (AvgIpc) is 2.55. The summed E-state index contributed by atoms with van der Waals surface area (Å²) in [5.74, 6) is -2.50. The van der Waals surface area contributed by atoms with Gasteiger partial charge in [0.15, 0.2) is 0 Å². The molecule has 0 saturated heterocycles. The third-order valence-electron chi connectivity index (χ3n) is 4.33. The van der Waals surface area contributed by atoms with Crippen LogP contribution < -0.4 is 5.73 Å². The number of primary amides is 1. The van der Waals surface area contributed by atoms with Gasteiger partial charge in [-0.2, -0.15) is 0 Å². The highest BCUT2D eigenvalue weighted by atomic mass is 31.2. The van der Waals surface area contributed by atoms with Crippen LogP contribution in [0.4, 0.5) is 0 Å². The molecule has 1 rings (SSSR count). The summed E-state index contributed by atoms with van der Waals surface area (Å²) in [5.41, 5.74) is 6.26. The number of benzene rings is 1. The second kappa shape index (κ2) is 10.4. The summed E-state index contributed by atoms with van der Waals surface area (Å²) in [6.45, 7) is 2.03. The third-order valence-corrected chi connectivity index (χ3v) is 6.30. The van der Waals surface area contributed by atoms with E-state index in [9.17, 15) is 19.0 Å². The molecule has 140 valence electrons. The SMILES string of the molecule is CC(CCc1ccccc1)CCP(=O)(O)CC(CCC(N)=O)C(=O)O. The number of carbonyl (C=O) groups excluding carboxylic acids is 1. The molecule has 3 unspecified atom stereocenters. The smallest absolute Gasteiger partial charge is 0.307 e. The molecule has 0 saturated carbocycles. The van der Waals surface area contributed by atoms with Crippen molar-refractivity contribution in [3.05, 3.63) is 35.9 Å². The Labute approximate surface area is 148 Å². The van der Waals surface area contributed by atoms with Crippen LogP contribution in [-0.4, -0.2) is 34.2 Å². The number of carbonyl (C=O) groups is 2. The molecule has 0 aliphatic heterocycles. The zero-order valence-corrected chi connectivity index (χ0v) is 15.5. The van der Waals surface area contributed by atoms with Gasteiger partial charge in [0.2, 0.25) is 13.3 Å². The van der Waals surface area contributed by atoms with Gasteiger partial charge in [0.25, 0.3) is 0 Å². The fourth-order valence-corrected chi connectivity index (χ4v) is 4.72. The number of rotatable bonds is 12. The van der Waals surface area contributed by atoms with E-state index >= 15 is 0 Å². The molecular weight excluding hydrogens is 341 g/mol. The van der Waals surface area contributed by atoms with Crippen molar-refractivity contribution >= 4 is 19.2 Å². The van der Waals surface area contributed by atoms with Gasteiger partial charge in [0.1, 0.15) is 0 Å². The predicted octanol–water partition coefficient (Wildman–Crippen LogP) is 2.88. The topological polar surface area (TPSA) is 118 Å². The predicted molar refractivity (Wildman–Crippen MR) is 97.7 cm³/mol. The van der Waals surface area contributed by atoms with Crippen LogP contribution in [0.25, 0.3) is 0 Å². The lowest BCUT2D eigenvalue weighted by Crippen LogP contribution is -2.22. The van der Waals surface area contributed by atoms with Crippen molar-refractivity contribution in [1.82, 2.24) is 0 Å². The lowest BCUT2D eigenvalue weighted by atomic mass is 9.99. The van der Waals surface area contributed by atoms with E-state index in [2.05, 4.69) is 12.1 Å². The fourth-order valence-electron chi connectivity index (χ4n) is 2.67. The number of carboxylic acid groups (broad SMARTS) is 1. The van der Waals surface area contributed by atoms with Crippen molar-refractivity contribution in [1.29, 1.82) is 0 Å². The lowest BCUT2D eigenvalue weighted by molar-refractivity contribution is -0.141. The minimum Gasteiger partial charge on any atom is -0.481 e. The second-order valence-electron chi connectivity index (χ2n) is 6.71. The minimum atomic E-state index is -3.54. The quantitative estimate of drug-likeness (QED) is 0.490. The maximum absolute atomic E-state index is 12.3. The molecule has 1 aromatic rings. The molecule has 25 heavy (non-hydrogen) atoms. The largest absolute Gasteiger partial charge is 0.481 e. The number of carboxylic acids is 1. The maximum Gasteiger partial charge on any atom is 0.307 e. The van der Waals surface area contributed by atoms with E-state index < -0.39 is 25.2 Å². The Morgan fingerprint density at radius 3 is 2.36 bits per heavy atom. The van der Waals surface area contributed by atoms with Gasteiger partial charge in [-0.1, -0.05) is 37.3 Å². The summed E-state index contributed by atoms with van der Waals surface area (Å²) in [6.07, 6.45) is 2.10. The standard InChI is InChI=1S/C18H28NO5P/c1-14(7-8-15-5-3-2-4-6-15)11-12-25(23,24)13-16(18(21)22)9-10-17(19)20/h2-6,14,16H,7-13H2,1H3,(H2,19,20)(H,21,22)(H,23,24). The second-order valence-corrected chi connectivity index (χ2v) is 9.22. The van der Waals surface area contributed by atoms with Crippen molar-refractivity contribution in [3.63, 3.8) is 0 Å². The first kappa shape index (κ1) is 21.4. The molecule has 0 heterocycles. The van der Waals surface area contributed by atoms with Gasteiger partial charge in [-0.3, -0.25) is 14.2 Å². The Morgan fingerprint density at radius 1 is 1.16 bits per heavy atom. The van der Waals surface area contributed by atoms with E-state index in [0.29, 0.717) is 6.42 Å². The minimum absolute atomic E-state index is 0.00121. The van der Waals surface area contributed by atoms with Gasteiger partial charge in [-0.25, -0.2) is 0 Å². The Bertz CT molecular complexity index is 605. The summed E-state index contributed by atoms with van der Waals surface area (Å²) >= 11 is 0. The van der Waals surface area contributed by atoms with Crippen LogP contribution in [0.2, 0.25) is 0 Å². The van der Waals surface area contributed by atoms with Gasteiger partial charge in [0, 0.05) is 18.7 Å². The van der Waals surface area contributed by atoms with E-state index in [4.69, 9.17) is 10.8 Å². The summed E-state index contributed by atoms with van der Waals surface area (Å²) < 4.78 is 12.3. The summed E-state index contributed by atoms with van der Waals surface area (Å²) in [4.78, 5) is 32.1. The van der Waals surface area contributed by atoms with Gasteiger partial charge in [0.05, 0.1) is 5.92 Å². The van der Waals surface area contributed by atoms with Crippen LogP contribution in [0.15, 0.2) is 30.3 Å². The summed E-state index contributed by atoms with van der Waals surface area (Å²) in [6, 6.07) is 10.0. The van der Waals surface area contributed by atoms with Crippen LogP contribution in [0.3, 0.4) is 0 Å². The fraction of sp³-hybridized carbons (Fsp3) is 0.556. The van der Waals surface area contributed by atoms with Crippen molar-refractivity contribution in [2.45, 2.75) is 39.0 Å². The highest BCUT2D eigenvalue weighted by Crippen LogP contribution is 2.45. The number of hydrogen-bond donors (Lipinski definition) is 3. The molecule has 7 heteroatoms. The Hall–Kier alpha value is -1.65. The molecule has 1 aromatic carbocycles. The number of nitrogens with two attached hydrogens (primary N) is 1. The normalized spacial score (nSPS) is 15.9. The van der Waals surface area contributed by atoms with Crippen molar-refractivity contribution < 1.29 is 24.2 Å². The summed E-state index contributed by atoms with van der Waals surface area (Å²) in [5, 5.41) is 9.15. The number of aliphatic carboxylic acids is 1. The average molecular weight is 369 g/mol. The number of hydrogen-bond acceptors (Lipinski definition) is 3. The van der Waals surface area contributed by atoms with Crippen LogP contribution in [0.1, 0.15) is 38.2 Å². The molecule has 0 aliphatic rings. The Balaban J connectivity index is 2.43. The lowest BCUT2D eigenvalue weighted by Gasteiger charge is -2.19. The molecule has 4 N–H and O–H groups in total. The van der Waals surface area contributed by atoms with Crippen molar-refractivity contribution in [2.24, 2.45) is 17.6 Å². The molecule has 0 fully saturated rings. The first-order chi connectivity index (χ1) is 11.7.